The summed E-state index contributed by atoms with van der Waals surface area (Å²) in [5.41, 5.74) is 2.02. The van der Waals surface area contributed by atoms with Crippen LogP contribution in [0, 0.1) is 0 Å². The van der Waals surface area contributed by atoms with Gasteiger partial charge in [0.2, 0.25) is 0 Å². The fraction of sp³-hybridized carbons (Fsp3) is 0.304. The third kappa shape index (κ3) is 5.89. The molecule has 2 N–H and O–H groups in total. The Bertz CT molecular complexity index is 940. The van der Waals surface area contributed by atoms with Crippen LogP contribution in [-0.2, 0) is 0 Å². The smallest absolute Gasteiger partial charge is 0.339 e. The number of halogens is 2. The molecule has 0 spiro atoms. The van der Waals surface area contributed by atoms with Crippen LogP contribution in [0.3, 0.4) is 0 Å². The number of rotatable bonds is 10. The van der Waals surface area contributed by atoms with Gasteiger partial charge in [0.1, 0.15) is 22.6 Å². The average Bonchev–Trinajstić information content (AvgIpc) is 2.72. The van der Waals surface area contributed by atoms with Crippen molar-refractivity contribution in [3.05, 3.63) is 61.5 Å². The highest BCUT2D eigenvalue weighted by atomic mass is 79.9. The molecule has 0 saturated heterocycles. The fourth-order valence-electron chi connectivity index (χ4n) is 3.27. The normalized spacial score (nSPS) is 10.5. The van der Waals surface area contributed by atoms with Gasteiger partial charge >= 0.3 is 11.9 Å². The van der Waals surface area contributed by atoms with Gasteiger partial charge in [0.05, 0.1) is 23.2 Å². The Morgan fingerprint density at radius 2 is 1.32 bits per heavy atom. The molecule has 0 aromatic heterocycles. The fourth-order valence-corrected chi connectivity index (χ4v) is 4.52. The second-order valence-corrected chi connectivity index (χ2v) is 8.51. The van der Waals surface area contributed by atoms with Crippen LogP contribution in [0.25, 0.3) is 5.57 Å². The number of benzene rings is 2. The zero-order valence-electron chi connectivity index (χ0n) is 17.5. The van der Waals surface area contributed by atoms with E-state index >= 15 is 0 Å². The molecule has 0 bridgehead atoms. The van der Waals surface area contributed by atoms with Crippen molar-refractivity contribution in [2.45, 2.75) is 32.6 Å². The Hall–Kier alpha value is -2.32. The summed E-state index contributed by atoms with van der Waals surface area (Å²) in [5, 5.41) is 19.3. The molecule has 2 aromatic rings. The maximum atomic E-state index is 11.8. The number of ether oxygens (including phenoxy) is 2. The van der Waals surface area contributed by atoms with Crippen LogP contribution < -0.4 is 9.47 Å². The number of allylic oxidation sites excluding steroid dienone is 1. The van der Waals surface area contributed by atoms with Crippen molar-refractivity contribution in [2.24, 2.45) is 0 Å². The Balaban J connectivity index is 2.74. The summed E-state index contributed by atoms with van der Waals surface area (Å²) in [7, 11) is 2.82. The van der Waals surface area contributed by atoms with Crippen LogP contribution in [0.5, 0.6) is 11.5 Å². The van der Waals surface area contributed by atoms with E-state index in [1.165, 1.54) is 26.4 Å². The molecule has 0 unspecified atom stereocenters. The lowest BCUT2D eigenvalue weighted by molar-refractivity contribution is 0.0682. The molecular formula is C23H24Br2O6. The van der Waals surface area contributed by atoms with Crippen LogP contribution >= 0.6 is 31.9 Å². The topological polar surface area (TPSA) is 93.1 Å². The second-order valence-electron chi connectivity index (χ2n) is 6.80. The van der Waals surface area contributed by atoms with E-state index in [0.29, 0.717) is 20.1 Å². The molecule has 0 radical (unpaired) electrons. The Labute approximate surface area is 198 Å². The standard InChI is InChI=1S/C23H24Br2O6/c1-4-5-6-7-8-15(13-9-16(22(26)27)20(30-2)18(24)11-13)14-10-17(23(28)29)21(31-3)19(25)12-14/h8-12H,4-7H2,1-3H3,(H,26,27)(H,28,29). The molecule has 0 atom stereocenters. The molecule has 0 heterocycles. The van der Waals surface area contributed by atoms with E-state index in [0.717, 1.165) is 31.3 Å². The van der Waals surface area contributed by atoms with E-state index in [4.69, 9.17) is 9.47 Å². The van der Waals surface area contributed by atoms with E-state index < -0.39 is 11.9 Å². The van der Waals surface area contributed by atoms with Crippen molar-refractivity contribution in [1.82, 2.24) is 0 Å². The van der Waals surface area contributed by atoms with E-state index in [2.05, 4.69) is 38.8 Å². The van der Waals surface area contributed by atoms with Crippen LogP contribution in [0.1, 0.15) is 64.4 Å². The molecular weight excluding hydrogens is 532 g/mol. The second kappa shape index (κ2) is 11.3. The zero-order valence-corrected chi connectivity index (χ0v) is 20.7. The Kier molecular flexibility index (Phi) is 9.13. The highest BCUT2D eigenvalue weighted by molar-refractivity contribution is 9.11. The maximum absolute atomic E-state index is 11.8. The van der Waals surface area contributed by atoms with Gasteiger partial charge in [-0.05, 0) is 85.7 Å². The predicted molar refractivity (Wildman–Crippen MR) is 127 cm³/mol. The largest absolute Gasteiger partial charge is 0.495 e. The number of hydrogen-bond acceptors (Lipinski definition) is 4. The molecule has 6 nitrogen and oxygen atoms in total. The third-order valence-electron chi connectivity index (χ3n) is 4.73. The molecule has 0 fully saturated rings. The maximum Gasteiger partial charge on any atom is 0.339 e. The van der Waals surface area contributed by atoms with Crippen LogP contribution in [0.15, 0.2) is 39.3 Å². The van der Waals surface area contributed by atoms with Crippen molar-refractivity contribution in [3.8, 4) is 11.5 Å². The minimum Gasteiger partial charge on any atom is -0.495 e. The van der Waals surface area contributed by atoms with E-state index in [9.17, 15) is 19.8 Å². The lowest BCUT2D eigenvalue weighted by Gasteiger charge is -2.16. The summed E-state index contributed by atoms with van der Waals surface area (Å²) in [6.45, 7) is 2.12. The highest BCUT2D eigenvalue weighted by Gasteiger charge is 2.21. The summed E-state index contributed by atoms with van der Waals surface area (Å²) in [6, 6.07) is 6.62. The molecule has 0 saturated carbocycles. The molecule has 0 amide bonds. The van der Waals surface area contributed by atoms with Crippen molar-refractivity contribution in [3.63, 3.8) is 0 Å². The minimum atomic E-state index is -1.12. The van der Waals surface area contributed by atoms with Gasteiger partial charge < -0.3 is 19.7 Å². The molecule has 0 aliphatic heterocycles. The molecule has 166 valence electrons. The van der Waals surface area contributed by atoms with Crippen LogP contribution in [0.2, 0.25) is 0 Å². The molecule has 2 rings (SSSR count). The first-order valence-corrected chi connectivity index (χ1v) is 11.3. The van der Waals surface area contributed by atoms with E-state index in [1.807, 2.05) is 6.08 Å². The minimum absolute atomic E-state index is 0.0115. The molecule has 0 aliphatic rings. The number of hydrogen-bond donors (Lipinski definition) is 2. The number of unbranched alkanes of at least 4 members (excludes halogenated alkanes) is 3. The van der Waals surface area contributed by atoms with E-state index in [1.54, 1.807) is 12.1 Å². The summed E-state index contributed by atoms with van der Waals surface area (Å²) in [4.78, 5) is 23.6. The van der Waals surface area contributed by atoms with Crippen molar-refractivity contribution in [1.29, 1.82) is 0 Å². The van der Waals surface area contributed by atoms with Crippen molar-refractivity contribution in [2.75, 3.05) is 14.2 Å². The molecule has 31 heavy (non-hydrogen) atoms. The van der Waals surface area contributed by atoms with Gasteiger partial charge in [-0.15, -0.1) is 0 Å². The van der Waals surface area contributed by atoms with Gasteiger partial charge in [-0.1, -0.05) is 25.8 Å². The van der Waals surface area contributed by atoms with Gasteiger partial charge in [-0.3, -0.25) is 0 Å². The molecule has 8 heteroatoms. The van der Waals surface area contributed by atoms with Gasteiger partial charge in [-0.2, -0.15) is 0 Å². The van der Waals surface area contributed by atoms with Gasteiger partial charge in [-0.25, -0.2) is 9.59 Å². The quantitative estimate of drug-likeness (QED) is 0.319. The van der Waals surface area contributed by atoms with Gasteiger partial charge in [0, 0.05) is 0 Å². The van der Waals surface area contributed by atoms with Crippen molar-refractivity contribution >= 4 is 49.4 Å². The number of carboxylic acid groups (broad SMARTS) is 2. The zero-order chi connectivity index (χ0) is 23.1. The summed E-state index contributed by atoms with van der Waals surface area (Å²) in [5.74, 6) is -1.79. The van der Waals surface area contributed by atoms with Crippen LogP contribution in [-0.4, -0.2) is 36.4 Å². The van der Waals surface area contributed by atoms with Gasteiger partial charge in [0.25, 0.3) is 0 Å². The Morgan fingerprint density at radius 1 is 0.871 bits per heavy atom. The summed E-state index contributed by atoms with van der Waals surface area (Å²) in [6.07, 6.45) is 5.86. The number of carbonyl (C=O) groups is 2. The third-order valence-corrected chi connectivity index (χ3v) is 5.91. The number of methoxy groups -OCH3 is 2. The van der Waals surface area contributed by atoms with E-state index in [-0.39, 0.29) is 22.6 Å². The first kappa shape index (κ1) is 24.9. The first-order valence-electron chi connectivity index (χ1n) is 9.67. The summed E-state index contributed by atoms with van der Waals surface area (Å²) >= 11 is 6.79. The number of aromatic carboxylic acids is 2. The number of carboxylic acids is 2. The SMILES string of the molecule is CCCCCC=C(c1cc(Br)c(OC)c(C(=O)O)c1)c1cc(Br)c(OC)c(C(=O)O)c1. The van der Waals surface area contributed by atoms with Crippen LogP contribution in [0.4, 0.5) is 0 Å². The predicted octanol–water partition coefficient (Wildman–Crippen LogP) is 6.64. The van der Waals surface area contributed by atoms with Gasteiger partial charge in [0.15, 0.2) is 0 Å². The average molecular weight is 556 g/mol. The lowest BCUT2D eigenvalue weighted by Crippen LogP contribution is -2.05. The van der Waals surface area contributed by atoms with Crippen molar-refractivity contribution < 1.29 is 29.3 Å². The Morgan fingerprint density at radius 3 is 1.68 bits per heavy atom. The summed E-state index contributed by atoms with van der Waals surface area (Å²) < 4.78 is 11.5. The molecule has 0 aliphatic carbocycles. The lowest BCUT2D eigenvalue weighted by atomic mass is 9.93. The first-order chi connectivity index (χ1) is 14.7. The monoisotopic (exact) mass is 554 g/mol. The molecule has 2 aromatic carbocycles. The highest BCUT2D eigenvalue weighted by Crippen LogP contribution is 2.38.